The third kappa shape index (κ3) is 3.44. The zero-order chi connectivity index (χ0) is 13.6. The minimum Gasteiger partial charge on any atom is -0.337 e. The van der Waals surface area contributed by atoms with Crippen LogP contribution in [0.3, 0.4) is 0 Å². The van der Waals surface area contributed by atoms with Crippen LogP contribution in [0.25, 0.3) is 0 Å². The highest BCUT2D eigenvalue weighted by molar-refractivity contribution is 7.99. The van der Waals surface area contributed by atoms with Gasteiger partial charge < -0.3 is 9.88 Å². The maximum absolute atomic E-state index is 4.07. The Kier molecular flexibility index (Phi) is 4.77. The summed E-state index contributed by atoms with van der Waals surface area (Å²) in [5.74, 6) is 1.24. The first-order valence-corrected chi connectivity index (χ1v) is 8.33. The Balaban J connectivity index is 1.54. The molecule has 2 aromatic rings. The standard InChI is InChI=1S/C16H21N3S/c1-2-7-16-14(5-1)15(6-3-12-20-16)18-8-4-10-19-11-9-17-13-19/h1-2,5,7,9,11,13,15,18H,3-4,6,8,10,12H2/t15-/m1/s1. The van der Waals surface area contributed by atoms with Gasteiger partial charge in [0, 0.05) is 29.9 Å². The van der Waals surface area contributed by atoms with E-state index < -0.39 is 0 Å². The van der Waals surface area contributed by atoms with Crippen molar-refractivity contribution in [3.05, 3.63) is 48.5 Å². The first-order valence-electron chi connectivity index (χ1n) is 7.34. The molecule has 1 aromatic heterocycles. The highest BCUT2D eigenvalue weighted by Crippen LogP contribution is 2.34. The first kappa shape index (κ1) is 13.7. The fraction of sp³-hybridized carbons (Fsp3) is 0.438. The van der Waals surface area contributed by atoms with E-state index in [2.05, 4.69) is 39.1 Å². The second-order valence-electron chi connectivity index (χ2n) is 5.19. The Bertz CT molecular complexity index is 524. The molecule has 1 atom stereocenters. The van der Waals surface area contributed by atoms with Gasteiger partial charge in [-0.3, -0.25) is 0 Å². The summed E-state index contributed by atoms with van der Waals surface area (Å²) >= 11 is 2.00. The van der Waals surface area contributed by atoms with Crippen molar-refractivity contribution in [3.8, 4) is 0 Å². The number of rotatable bonds is 5. The Morgan fingerprint density at radius 3 is 3.20 bits per heavy atom. The van der Waals surface area contributed by atoms with Crippen LogP contribution in [0.1, 0.15) is 30.9 Å². The normalized spacial score (nSPS) is 18.5. The lowest BCUT2D eigenvalue weighted by Gasteiger charge is -2.19. The summed E-state index contributed by atoms with van der Waals surface area (Å²) in [5, 5.41) is 3.73. The van der Waals surface area contributed by atoms with E-state index in [1.54, 1.807) is 0 Å². The SMILES string of the molecule is c1ccc2c(c1)SCCC[C@H]2NCCCn1ccnc1. The maximum atomic E-state index is 4.07. The predicted octanol–water partition coefficient (Wildman–Crippen LogP) is 3.49. The van der Waals surface area contributed by atoms with Crippen molar-refractivity contribution in [1.82, 2.24) is 14.9 Å². The topological polar surface area (TPSA) is 29.9 Å². The smallest absolute Gasteiger partial charge is 0.0945 e. The van der Waals surface area contributed by atoms with Gasteiger partial charge in [-0.1, -0.05) is 18.2 Å². The van der Waals surface area contributed by atoms with Crippen molar-refractivity contribution in [1.29, 1.82) is 0 Å². The highest BCUT2D eigenvalue weighted by atomic mass is 32.2. The van der Waals surface area contributed by atoms with E-state index in [1.165, 1.54) is 29.1 Å². The summed E-state index contributed by atoms with van der Waals surface area (Å²) in [5.41, 5.74) is 1.48. The Morgan fingerprint density at radius 2 is 2.30 bits per heavy atom. The zero-order valence-corrected chi connectivity index (χ0v) is 12.5. The molecule has 0 unspecified atom stereocenters. The molecule has 0 radical (unpaired) electrons. The van der Waals surface area contributed by atoms with E-state index in [-0.39, 0.29) is 0 Å². The highest BCUT2D eigenvalue weighted by Gasteiger charge is 2.17. The summed E-state index contributed by atoms with van der Waals surface area (Å²) in [6.07, 6.45) is 9.43. The number of thioether (sulfide) groups is 1. The molecule has 0 saturated carbocycles. The van der Waals surface area contributed by atoms with Crippen LogP contribution in [0, 0.1) is 0 Å². The second-order valence-corrected chi connectivity index (χ2v) is 6.33. The molecule has 20 heavy (non-hydrogen) atoms. The van der Waals surface area contributed by atoms with Crippen LogP contribution in [0.15, 0.2) is 47.9 Å². The van der Waals surface area contributed by atoms with Crippen molar-refractivity contribution < 1.29 is 0 Å². The van der Waals surface area contributed by atoms with Crippen LogP contribution in [-0.2, 0) is 6.54 Å². The minimum atomic E-state index is 0.518. The number of fused-ring (bicyclic) bond motifs is 1. The van der Waals surface area contributed by atoms with E-state index in [0.717, 1.165) is 19.5 Å². The molecule has 0 spiro atoms. The average molecular weight is 287 g/mol. The number of nitrogens with one attached hydrogen (secondary N) is 1. The van der Waals surface area contributed by atoms with Crippen molar-refractivity contribution in [2.75, 3.05) is 12.3 Å². The molecule has 0 saturated heterocycles. The second kappa shape index (κ2) is 6.95. The third-order valence-corrected chi connectivity index (χ3v) is 4.91. The lowest BCUT2D eigenvalue weighted by molar-refractivity contribution is 0.472. The Morgan fingerprint density at radius 1 is 1.35 bits per heavy atom. The molecule has 0 bridgehead atoms. The fourth-order valence-corrected chi connectivity index (χ4v) is 3.78. The fourth-order valence-electron chi connectivity index (χ4n) is 2.69. The predicted molar refractivity (Wildman–Crippen MR) is 84.0 cm³/mol. The molecule has 3 nitrogen and oxygen atoms in total. The molecule has 1 aromatic carbocycles. The largest absolute Gasteiger partial charge is 0.337 e. The molecular formula is C16H21N3S. The quantitative estimate of drug-likeness (QED) is 0.854. The molecule has 0 fully saturated rings. The van der Waals surface area contributed by atoms with Crippen molar-refractivity contribution in [3.63, 3.8) is 0 Å². The molecule has 3 rings (SSSR count). The van der Waals surface area contributed by atoms with Crippen LogP contribution in [0.2, 0.25) is 0 Å². The number of aryl methyl sites for hydroxylation is 1. The molecule has 0 aliphatic carbocycles. The number of benzene rings is 1. The molecule has 2 heterocycles. The lowest BCUT2D eigenvalue weighted by Crippen LogP contribution is -2.23. The molecule has 4 heteroatoms. The van der Waals surface area contributed by atoms with Crippen LogP contribution in [0.5, 0.6) is 0 Å². The van der Waals surface area contributed by atoms with Gasteiger partial charge in [0.2, 0.25) is 0 Å². The zero-order valence-electron chi connectivity index (χ0n) is 11.7. The van der Waals surface area contributed by atoms with E-state index >= 15 is 0 Å². The summed E-state index contributed by atoms with van der Waals surface area (Å²) in [4.78, 5) is 5.53. The average Bonchev–Trinajstić information content (AvgIpc) is 2.91. The van der Waals surface area contributed by atoms with Crippen LogP contribution >= 0.6 is 11.8 Å². The van der Waals surface area contributed by atoms with E-state index in [1.807, 2.05) is 30.5 Å². The number of hydrogen-bond acceptors (Lipinski definition) is 3. The third-order valence-electron chi connectivity index (χ3n) is 3.73. The molecular weight excluding hydrogens is 266 g/mol. The minimum absolute atomic E-state index is 0.518. The lowest BCUT2D eigenvalue weighted by atomic mass is 10.0. The van der Waals surface area contributed by atoms with Crippen LogP contribution in [0.4, 0.5) is 0 Å². The number of aromatic nitrogens is 2. The number of imidazole rings is 1. The van der Waals surface area contributed by atoms with Gasteiger partial charge in [-0.05, 0) is 43.2 Å². The summed E-state index contributed by atoms with van der Waals surface area (Å²) < 4.78 is 2.14. The van der Waals surface area contributed by atoms with Crippen LogP contribution in [-0.4, -0.2) is 21.8 Å². The van der Waals surface area contributed by atoms with Crippen molar-refractivity contribution in [2.45, 2.75) is 36.7 Å². The van der Waals surface area contributed by atoms with Gasteiger partial charge in [-0.25, -0.2) is 4.98 Å². The first-order chi connectivity index (χ1) is 9.93. The van der Waals surface area contributed by atoms with Gasteiger partial charge in [0.05, 0.1) is 6.33 Å². The summed E-state index contributed by atoms with van der Waals surface area (Å²) in [7, 11) is 0. The van der Waals surface area contributed by atoms with E-state index in [0.29, 0.717) is 6.04 Å². The van der Waals surface area contributed by atoms with Gasteiger partial charge >= 0.3 is 0 Å². The van der Waals surface area contributed by atoms with Gasteiger partial charge in [-0.2, -0.15) is 0 Å². The van der Waals surface area contributed by atoms with Gasteiger partial charge in [-0.15, -0.1) is 11.8 Å². The van der Waals surface area contributed by atoms with Crippen LogP contribution < -0.4 is 5.32 Å². The summed E-state index contributed by atoms with van der Waals surface area (Å²) in [6.45, 7) is 2.10. The van der Waals surface area contributed by atoms with Gasteiger partial charge in [0.25, 0.3) is 0 Å². The number of hydrogen-bond donors (Lipinski definition) is 1. The molecule has 1 aliphatic rings. The van der Waals surface area contributed by atoms with Crippen molar-refractivity contribution in [2.24, 2.45) is 0 Å². The molecule has 1 aliphatic heterocycles. The van der Waals surface area contributed by atoms with Gasteiger partial charge in [0.1, 0.15) is 0 Å². The van der Waals surface area contributed by atoms with E-state index in [4.69, 9.17) is 0 Å². The molecule has 106 valence electrons. The number of nitrogens with zero attached hydrogens (tertiary/aromatic N) is 2. The van der Waals surface area contributed by atoms with Gasteiger partial charge in [0.15, 0.2) is 0 Å². The molecule has 1 N–H and O–H groups in total. The monoisotopic (exact) mass is 287 g/mol. The van der Waals surface area contributed by atoms with E-state index in [9.17, 15) is 0 Å². The Labute approximate surface area is 124 Å². The van der Waals surface area contributed by atoms with Crippen molar-refractivity contribution >= 4 is 11.8 Å². The maximum Gasteiger partial charge on any atom is 0.0945 e. The summed E-state index contributed by atoms with van der Waals surface area (Å²) in [6, 6.07) is 9.36. The molecule has 0 amide bonds. The Hall–Kier alpha value is -1.26.